The number of rotatable bonds is 8. The Hall–Kier alpha value is -2.34. The number of hydrogen-bond acceptors (Lipinski definition) is 5. The topological polar surface area (TPSA) is 69.3 Å². The molecule has 2 heterocycles. The summed E-state index contributed by atoms with van der Waals surface area (Å²) in [4.78, 5) is 3.17. The SMILES string of the molecule is CCCCOCC(C)(C)c1cc(OC)c2c(c1)OC(C)(C)[C@@H]1CC=C(c3nnc[nH]3)C[C@@H]21. The van der Waals surface area contributed by atoms with Gasteiger partial charge >= 0.3 is 0 Å². The quantitative estimate of drug-likeness (QED) is 0.538. The van der Waals surface area contributed by atoms with Crippen molar-refractivity contribution in [3.8, 4) is 11.5 Å². The molecule has 4 rings (SSSR count). The van der Waals surface area contributed by atoms with Crippen LogP contribution in [0.3, 0.4) is 0 Å². The number of hydrogen-bond donors (Lipinski definition) is 1. The molecule has 32 heavy (non-hydrogen) atoms. The van der Waals surface area contributed by atoms with Crippen molar-refractivity contribution in [1.82, 2.24) is 15.2 Å². The number of benzene rings is 1. The second-order valence-electron chi connectivity index (χ2n) is 10.3. The summed E-state index contributed by atoms with van der Waals surface area (Å²) in [6.07, 6.45) is 7.98. The van der Waals surface area contributed by atoms with Gasteiger partial charge in [-0.2, -0.15) is 0 Å². The van der Waals surface area contributed by atoms with Crippen molar-refractivity contribution in [3.63, 3.8) is 0 Å². The van der Waals surface area contributed by atoms with Gasteiger partial charge in [0, 0.05) is 29.4 Å². The summed E-state index contributed by atoms with van der Waals surface area (Å²) in [5, 5.41) is 8.23. The number of aromatic nitrogens is 3. The molecule has 0 unspecified atom stereocenters. The minimum Gasteiger partial charge on any atom is -0.496 e. The van der Waals surface area contributed by atoms with E-state index in [1.807, 2.05) is 0 Å². The molecule has 1 aromatic carbocycles. The number of H-pyrrole nitrogens is 1. The fraction of sp³-hybridized carbons (Fsp3) is 0.615. The van der Waals surface area contributed by atoms with Gasteiger partial charge in [0.05, 0.1) is 13.7 Å². The van der Waals surface area contributed by atoms with E-state index in [0.717, 1.165) is 49.6 Å². The van der Waals surface area contributed by atoms with Gasteiger partial charge in [-0.3, -0.25) is 0 Å². The first-order valence-electron chi connectivity index (χ1n) is 11.8. The van der Waals surface area contributed by atoms with Crippen LogP contribution in [0.15, 0.2) is 24.5 Å². The zero-order chi connectivity index (χ0) is 22.9. The van der Waals surface area contributed by atoms with Crippen LogP contribution in [-0.2, 0) is 10.2 Å². The fourth-order valence-corrected chi connectivity index (χ4v) is 5.15. The average Bonchev–Trinajstić information content (AvgIpc) is 3.30. The molecule has 1 aliphatic heterocycles. The van der Waals surface area contributed by atoms with Gasteiger partial charge < -0.3 is 19.2 Å². The maximum Gasteiger partial charge on any atom is 0.156 e. The summed E-state index contributed by atoms with van der Waals surface area (Å²) in [6.45, 7) is 12.5. The van der Waals surface area contributed by atoms with Gasteiger partial charge in [0.2, 0.25) is 0 Å². The molecule has 1 aromatic heterocycles. The Labute approximate surface area is 191 Å². The van der Waals surface area contributed by atoms with E-state index >= 15 is 0 Å². The lowest BCUT2D eigenvalue weighted by Gasteiger charge is -2.47. The van der Waals surface area contributed by atoms with Crippen LogP contribution in [-0.4, -0.2) is 41.1 Å². The number of aromatic amines is 1. The number of nitrogens with zero attached hydrogens (tertiary/aromatic N) is 2. The van der Waals surface area contributed by atoms with Crippen LogP contribution in [0.2, 0.25) is 0 Å². The van der Waals surface area contributed by atoms with E-state index < -0.39 is 0 Å². The molecule has 2 aromatic rings. The summed E-state index contributed by atoms with van der Waals surface area (Å²) in [7, 11) is 1.76. The maximum absolute atomic E-state index is 6.65. The van der Waals surface area contributed by atoms with Gasteiger partial charge in [0.1, 0.15) is 23.4 Å². The number of methoxy groups -OCH3 is 1. The Morgan fingerprint density at radius 1 is 1.28 bits per heavy atom. The molecule has 0 fully saturated rings. The van der Waals surface area contributed by atoms with Crippen molar-refractivity contribution in [2.45, 2.75) is 77.2 Å². The molecule has 0 bridgehead atoms. The fourth-order valence-electron chi connectivity index (χ4n) is 5.15. The third-order valence-electron chi connectivity index (χ3n) is 7.11. The first kappa shape index (κ1) is 22.8. The van der Waals surface area contributed by atoms with Gasteiger partial charge in [-0.1, -0.05) is 33.3 Å². The summed E-state index contributed by atoms with van der Waals surface area (Å²) in [5.41, 5.74) is 3.15. The van der Waals surface area contributed by atoms with Gasteiger partial charge in [-0.25, -0.2) is 0 Å². The van der Waals surface area contributed by atoms with Crippen molar-refractivity contribution >= 4 is 5.57 Å². The minimum atomic E-state index is -0.271. The minimum absolute atomic E-state index is 0.141. The Morgan fingerprint density at radius 2 is 2.09 bits per heavy atom. The van der Waals surface area contributed by atoms with Gasteiger partial charge in [-0.05, 0) is 56.4 Å². The van der Waals surface area contributed by atoms with Gasteiger partial charge in [0.15, 0.2) is 5.82 Å². The normalized spacial score (nSPS) is 21.9. The van der Waals surface area contributed by atoms with Crippen LogP contribution in [0, 0.1) is 5.92 Å². The number of allylic oxidation sites excluding steroid dienone is 2. The summed E-state index contributed by atoms with van der Waals surface area (Å²) in [5.74, 6) is 3.36. The zero-order valence-corrected chi connectivity index (χ0v) is 20.3. The van der Waals surface area contributed by atoms with Crippen molar-refractivity contribution in [2.24, 2.45) is 5.92 Å². The summed E-state index contributed by atoms with van der Waals surface area (Å²) in [6, 6.07) is 4.40. The molecule has 1 aliphatic carbocycles. The molecule has 6 heteroatoms. The monoisotopic (exact) mass is 439 g/mol. The Bertz CT molecular complexity index is 963. The molecular weight excluding hydrogens is 402 g/mol. The van der Waals surface area contributed by atoms with Crippen LogP contribution in [0.4, 0.5) is 0 Å². The van der Waals surface area contributed by atoms with E-state index in [4.69, 9.17) is 14.2 Å². The van der Waals surface area contributed by atoms with Crippen molar-refractivity contribution in [1.29, 1.82) is 0 Å². The molecule has 0 radical (unpaired) electrons. The van der Waals surface area contributed by atoms with Crippen molar-refractivity contribution in [2.75, 3.05) is 20.3 Å². The Morgan fingerprint density at radius 3 is 2.78 bits per heavy atom. The van der Waals surface area contributed by atoms with Crippen LogP contribution >= 0.6 is 0 Å². The third-order valence-corrected chi connectivity index (χ3v) is 7.11. The van der Waals surface area contributed by atoms with Crippen LogP contribution in [0.1, 0.15) is 83.2 Å². The maximum atomic E-state index is 6.65. The molecule has 0 saturated carbocycles. The highest BCUT2D eigenvalue weighted by atomic mass is 16.5. The third kappa shape index (κ3) is 4.29. The van der Waals surface area contributed by atoms with E-state index in [1.54, 1.807) is 13.4 Å². The highest BCUT2D eigenvalue weighted by molar-refractivity contribution is 5.64. The molecule has 0 amide bonds. The molecule has 0 saturated heterocycles. The van der Waals surface area contributed by atoms with E-state index in [2.05, 4.69) is 68.0 Å². The highest BCUT2D eigenvalue weighted by Crippen LogP contribution is 2.55. The first-order valence-corrected chi connectivity index (χ1v) is 11.8. The number of ether oxygens (including phenoxy) is 3. The predicted molar refractivity (Wildman–Crippen MR) is 126 cm³/mol. The zero-order valence-electron chi connectivity index (χ0n) is 20.3. The first-order chi connectivity index (χ1) is 15.3. The van der Waals surface area contributed by atoms with Crippen LogP contribution < -0.4 is 9.47 Å². The summed E-state index contributed by atoms with van der Waals surface area (Å²) < 4.78 is 18.6. The van der Waals surface area contributed by atoms with Crippen molar-refractivity contribution in [3.05, 3.63) is 41.5 Å². The van der Waals surface area contributed by atoms with Crippen LogP contribution in [0.5, 0.6) is 11.5 Å². The largest absolute Gasteiger partial charge is 0.496 e. The van der Waals surface area contributed by atoms with E-state index in [0.29, 0.717) is 18.4 Å². The van der Waals surface area contributed by atoms with E-state index in [9.17, 15) is 0 Å². The molecular formula is C26H37N3O3. The van der Waals surface area contributed by atoms with E-state index in [1.165, 1.54) is 16.7 Å². The van der Waals surface area contributed by atoms with Gasteiger partial charge in [0.25, 0.3) is 0 Å². The molecule has 0 spiro atoms. The van der Waals surface area contributed by atoms with E-state index in [-0.39, 0.29) is 11.0 Å². The number of unbranched alkanes of at least 4 members (excludes halogenated alkanes) is 1. The predicted octanol–water partition coefficient (Wildman–Crippen LogP) is 5.66. The second-order valence-corrected chi connectivity index (χ2v) is 10.3. The lowest BCUT2D eigenvalue weighted by atomic mass is 9.66. The Kier molecular flexibility index (Phi) is 6.35. The van der Waals surface area contributed by atoms with Crippen LogP contribution in [0.25, 0.3) is 5.57 Å². The van der Waals surface area contributed by atoms with Gasteiger partial charge in [-0.15, -0.1) is 10.2 Å². The smallest absolute Gasteiger partial charge is 0.156 e. The molecule has 2 aliphatic rings. The average molecular weight is 440 g/mol. The Balaban J connectivity index is 1.70. The molecule has 1 N–H and O–H groups in total. The summed E-state index contributed by atoms with van der Waals surface area (Å²) >= 11 is 0. The molecule has 2 atom stereocenters. The molecule has 6 nitrogen and oxygen atoms in total. The molecule has 174 valence electrons. The highest BCUT2D eigenvalue weighted by Gasteiger charge is 2.47. The number of nitrogens with one attached hydrogen (secondary N) is 1. The lowest BCUT2D eigenvalue weighted by Crippen LogP contribution is -2.45. The van der Waals surface area contributed by atoms with Crippen molar-refractivity contribution < 1.29 is 14.2 Å². The standard InChI is InChI=1S/C26H37N3O3/c1-7-8-11-31-15-25(2,3)18-13-21(30-6)23-19-12-17(24-27-16-28-29-24)9-10-20(19)26(4,5)32-22(23)14-18/h9,13-14,16,19-20H,7-8,10-12,15H2,1-6H3,(H,27,28,29)/t19-,20-/m1/s1. The number of fused-ring (bicyclic) bond motifs is 3. The second kappa shape index (κ2) is 8.89. The lowest BCUT2D eigenvalue weighted by molar-refractivity contribution is 0.00888.